The second-order valence-corrected chi connectivity index (χ2v) is 6.25. The summed E-state index contributed by atoms with van der Waals surface area (Å²) in [6.45, 7) is 0.965. The molecule has 0 aromatic heterocycles. The van der Waals surface area contributed by atoms with E-state index in [1.165, 1.54) is 7.11 Å². The van der Waals surface area contributed by atoms with E-state index in [9.17, 15) is 14.4 Å². The Hall–Kier alpha value is -3.35. The van der Waals surface area contributed by atoms with Crippen molar-refractivity contribution in [1.82, 2.24) is 0 Å². The molecular formula is C21H21NO6. The third-order valence-corrected chi connectivity index (χ3v) is 4.26. The van der Waals surface area contributed by atoms with Crippen LogP contribution in [0.1, 0.15) is 40.0 Å². The molecule has 1 aliphatic heterocycles. The van der Waals surface area contributed by atoms with Gasteiger partial charge in [-0.15, -0.1) is 0 Å². The van der Waals surface area contributed by atoms with Gasteiger partial charge in [0.1, 0.15) is 13.2 Å². The highest BCUT2D eigenvalue weighted by Crippen LogP contribution is 2.31. The number of methoxy groups -OCH3 is 1. The predicted molar refractivity (Wildman–Crippen MR) is 102 cm³/mol. The first kappa shape index (κ1) is 19.4. The highest BCUT2D eigenvalue weighted by Gasteiger charge is 2.15. The number of Topliss-reactive ketones (excluding diaryl/α,β-unsaturated/α-hetero) is 1. The van der Waals surface area contributed by atoms with Gasteiger partial charge in [-0.2, -0.15) is 0 Å². The summed E-state index contributed by atoms with van der Waals surface area (Å²) < 4.78 is 15.5. The van der Waals surface area contributed by atoms with E-state index < -0.39 is 5.97 Å². The van der Waals surface area contributed by atoms with Gasteiger partial charge in [0.15, 0.2) is 17.3 Å². The van der Waals surface area contributed by atoms with E-state index in [1.54, 1.807) is 42.5 Å². The van der Waals surface area contributed by atoms with Crippen LogP contribution in [-0.2, 0) is 9.53 Å². The summed E-state index contributed by atoms with van der Waals surface area (Å²) in [5.74, 6) is 0.536. The molecule has 7 heteroatoms. The van der Waals surface area contributed by atoms with Crippen molar-refractivity contribution in [1.29, 1.82) is 0 Å². The van der Waals surface area contributed by atoms with Crippen LogP contribution in [-0.4, -0.2) is 38.0 Å². The van der Waals surface area contributed by atoms with Gasteiger partial charge < -0.3 is 19.5 Å². The molecule has 0 bridgehead atoms. The van der Waals surface area contributed by atoms with Crippen LogP contribution in [0.2, 0.25) is 0 Å². The highest BCUT2D eigenvalue weighted by atomic mass is 16.6. The Morgan fingerprint density at radius 2 is 1.61 bits per heavy atom. The number of hydrogen-bond acceptors (Lipinski definition) is 6. The number of hydrogen-bond donors (Lipinski definition) is 1. The second-order valence-electron chi connectivity index (χ2n) is 6.25. The summed E-state index contributed by atoms with van der Waals surface area (Å²) in [6, 6.07) is 11.5. The zero-order valence-electron chi connectivity index (χ0n) is 15.5. The Morgan fingerprint density at radius 1 is 0.929 bits per heavy atom. The zero-order chi connectivity index (χ0) is 19.9. The lowest BCUT2D eigenvalue weighted by atomic mass is 10.0. The number of ether oxygens (including phenoxy) is 3. The van der Waals surface area contributed by atoms with Crippen molar-refractivity contribution in [2.75, 3.05) is 25.6 Å². The first-order valence-corrected chi connectivity index (χ1v) is 8.98. The van der Waals surface area contributed by atoms with Crippen molar-refractivity contribution in [2.45, 2.75) is 19.3 Å². The molecule has 28 heavy (non-hydrogen) atoms. The van der Waals surface area contributed by atoms with E-state index in [4.69, 9.17) is 9.47 Å². The SMILES string of the molecule is COC(=O)c1ccc(NC(=O)CCCC(=O)c2ccc3c(c2)OCCO3)cc1. The van der Waals surface area contributed by atoms with Crippen LogP contribution in [0.25, 0.3) is 0 Å². The Balaban J connectivity index is 1.46. The molecule has 2 aromatic rings. The standard InChI is InChI=1S/C21H21NO6/c1-26-21(25)14-5-8-16(9-6-14)22-20(24)4-2-3-17(23)15-7-10-18-19(13-15)28-12-11-27-18/h5-10,13H,2-4,11-12H2,1H3,(H,22,24). The molecule has 0 saturated heterocycles. The molecular weight excluding hydrogens is 362 g/mol. The number of carbonyl (C=O) groups excluding carboxylic acids is 3. The smallest absolute Gasteiger partial charge is 0.337 e. The van der Waals surface area contributed by atoms with Crippen LogP contribution in [0.3, 0.4) is 0 Å². The van der Waals surface area contributed by atoms with E-state index in [1.807, 2.05) is 0 Å². The van der Waals surface area contributed by atoms with Gasteiger partial charge in [0.25, 0.3) is 0 Å². The second kappa shape index (κ2) is 9.03. The Bertz CT molecular complexity index is 875. The molecule has 0 atom stereocenters. The van der Waals surface area contributed by atoms with Gasteiger partial charge in [-0.25, -0.2) is 4.79 Å². The third-order valence-electron chi connectivity index (χ3n) is 4.26. The van der Waals surface area contributed by atoms with E-state index in [0.717, 1.165) is 0 Å². The third kappa shape index (κ3) is 4.88. The molecule has 7 nitrogen and oxygen atoms in total. The molecule has 0 unspecified atom stereocenters. The molecule has 0 fully saturated rings. The van der Waals surface area contributed by atoms with Gasteiger partial charge in [-0.1, -0.05) is 0 Å². The zero-order valence-corrected chi connectivity index (χ0v) is 15.5. The summed E-state index contributed by atoms with van der Waals surface area (Å²) >= 11 is 0. The maximum absolute atomic E-state index is 12.3. The lowest BCUT2D eigenvalue weighted by molar-refractivity contribution is -0.116. The maximum Gasteiger partial charge on any atom is 0.337 e. The fourth-order valence-corrected chi connectivity index (χ4v) is 2.80. The van der Waals surface area contributed by atoms with Gasteiger partial charge in [0.05, 0.1) is 12.7 Å². The number of benzene rings is 2. The van der Waals surface area contributed by atoms with Gasteiger partial charge in [0.2, 0.25) is 5.91 Å². The summed E-state index contributed by atoms with van der Waals surface area (Å²) in [7, 11) is 1.31. The molecule has 0 spiro atoms. The van der Waals surface area contributed by atoms with Crippen molar-refractivity contribution in [3.8, 4) is 11.5 Å². The van der Waals surface area contributed by atoms with Crippen molar-refractivity contribution in [2.24, 2.45) is 0 Å². The largest absolute Gasteiger partial charge is 0.486 e. The normalized spacial score (nSPS) is 12.2. The molecule has 146 valence electrons. The number of anilines is 1. The number of amides is 1. The molecule has 0 radical (unpaired) electrons. The van der Waals surface area contributed by atoms with Gasteiger partial charge in [-0.3, -0.25) is 9.59 Å². The van der Waals surface area contributed by atoms with Crippen molar-refractivity contribution < 1.29 is 28.6 Å². The average molecular weight is 383 g/mol. The van der Waals surface area contributed by atoms with Crippen LogP contribution < -0.4 is 14.8 Å². The molecule has 1 N–H and O–H groups in total. The van der Waals surface area contributed by atoms with Crippen molar-refractivity contribution in [3.63, 3.8) is 0 Å². The van der Waals surface area contributed by atoms with Crippen LogP contribution >= 0.6 is 0 Å². The Morgan fingerprint density at radius 3 is 2.32 bits per heavy atom. The fourth-order valence-electron chi connectivity index (χ4n) is 2.80. The van der Waals surface area contributed by atoms with Crippen LogP contribution in [0.15, 0.2) is 42.5 Å². The number of ketones is 1. The first-order valence-electron chi connectivity index (χ1n) is 8.98. The van der Waals surface area contributed by atoms with Crippen LogP contribution in [0.4, 0.5) is 5.69 Å². The molecule has 1 heterocycles. The quantitative estimate of drug-likeness (QED) is 0.583. The maximum atomic E-state index is 12.3. The predicted octanol–water partition coefficient (Wildman–Crippen LogP) is 3.24. The van der Waals surface area contributed by atoms with Crippen LogP contribution in [0.5, 0.6) is 11.5 Å². The number of esters is 1. The van der Waals surface area contributed by atoms with Gasteiger partial charge >= 0.3 is 5.97 Å². The van der Waals surface area contributed by atoms with E-state index in [0.29, 0.717) is 47.9 Å². The van der Waals surface area contributed by atoms with Crippen molar-refractivity contribution in [3.05, 3.63) is 53.6 Å². The van der Waals surface area contributed by atoms with Gasteiger partial charge in [0, 0.05) is 24.1 Å². The minimum absolute atomic E-state index is 0.0489. The molecule has 3 rings (SSSR count). The lowest BCUT2D eigenvalue weighted by Crippen LogP contribution is -2.16. The van der Waals surface area contributed by atoms with Gasteiger partial charge in [-0.05, 0) is 48.9 Å². The van der Waals surface area contributed by atoms with Crippen LogP contribution in [0, 0.1) is 0 Å². The monoisotopic (exact) mass is 383 g/mol. The van der Waals surface area contributed by atoms with E-state index in [2.05, 4.69) is 10.1 Å². The fraction of sp³-hybridized carbons (Fsp3) is 0.286. The summed E-state index contributed by atoms with van der Waals surface area (Å²) in [4.78, 5) is 35.8. The van der Waals surface area contributed by atoms with Crippen molar-refractivity contribution >= 4 is 23.3 Å². The Kier molecular flexibility index (Phi) is 6.26. The molecule has 1 aliphatic rings. The summed E-state index contributed by atoms with van der Waals surface area (Å²) in [5, 5.41) is 2.74. The number of rotatable bonds is 7. The first-order chi connectivity index (χ1) is 13.6. The summed E-state index contributed by atoms with van der Waals surface area (Å²) in [5.41, 5.74) is 1.53. The van der Waals surface area contributed by atoms with E-state index in [-0.39, 0.29) is 24.5 Å². The summed E-state index contributed by atoms with van der Waals surface area (Å²) in [6.07, 6.45) is 0.905. The lowest BCUT2D eigenvalue weighted by Gasteiger charge is -2.18. The minimum atomic E-state index is -0.435. The minimum Gasteiger partial charge on any atom is -0.486 e. The molecule has 0 saturated carbocycles. The topological polar surface area (TPSA) is 90.9 Å². The highest BCUT2D eigenvalue weighted by molar-refractivity contribution is 5.97. The number of nitrogens with one attached hydrogen (secondary N) is 1. The van der Waals surface area contributed by atoms with E-state index >= 15 is 0 Å². The molecule has 2 aromatic carbocycles. The molecule has 0 aliphatic carbocycles. The number of fused-ring (bicyclic) bond motifs is 1. The average Bonchev–Trinajstić information content (AvgIpc) is 2.73. The Labute approximate surface area is 162 Å². The number of carbonyl (C=O) groups is 3. The molecule has 1 amide bonds.